The van der Waals surface area contributed by atoms with Crippen LogP contribution in [0.5, 0.6) is 0 Å². The Hall–Kier alpha value is -3.45. The van der Waals surface area contributed by atoms with Crippen molar-refractivity contribution in [3.8, 4) is 11.1 Å². The summed E-state index contributed by atoms with van der Waals surface area (Å²) < 4.78 is 29.1. The molecule has 0 bridgehead atoms. The van der Waals surface area contributed by atoms with Crippen LogP contribution in [0.15, 0.2) is 76.7 Å². The first-order valence-corrected chi connectivity index (χ1v) is 10.4. The fourth-order valence-electron chi connectivity index (χ4n) is 3.32. The zero-order chi connectivity index (χ0) is 20.8. The number of aromatic nitrogens is 2. The first kappa shape index (κ1) is 18.9. The van der Waals surface area contributed by atoms with Crippen LogP contribution in [0.3, 0.4) is 0 Å². The number of aryl methyl sites for hydroxylation is 2. The van der Waals surface area contributed by atoms with Crippen molar-refractivity contribution in [1.29, 1.82) is 0 Å². The second kappa shape index (κ2) is 6.86. The summed E-state index contributed by atoms with van der Waals surface area (Å²) in [6, 6.07) is 15.0. The molecule has 0 amide bonds. The Morgan fingerprint density at radius 1 is 1.00 bits per heavy atom. The minimum absolute atomic E-state index is 0.0714. The van der Waals surface area contributed by atoms with Crippen molar-refractivity contribution >= 4 is 27.2 Å². The van der Waals surface area contributed by atoms with E-state index in [1.807, 2.05) is 6.92 Å². The third kappa shape index (κ3) is 3.09. The molecule has 0 aliphatic heterocycles. The maximum Gasteiger partial charge on any atom is 0.275 e. The number of carbonyl (C=O) groups excluding carboxylic acids is 1. The molecule has 0 aliphatic rings. The highest BCUT2D eigenvalue weighted by atomic mass is 32.2. The number of benzene rings is 2. The standard InChI is InChI=1S/C22H18N2O4S/c1-15-6-8-18(9-7-15)29(27,28)24-13-20(17-5-3-4-16(12-17)14-25)19-10-11-23(2)22(26)21(19)24/h3-14H,1-2H3. The molecule has 0 fully saturated rings. The molecule has 7 heteroatoms. The molecular formula is C22H18N2O4S. The van der Waals surface area contributed by atoms with E-state index in [0.29, 0.717) is 22.1 Å². The maximum absolute atomic E-state index is 13.3. The van der Waals surface area contributed by atoms with Crippen LogP contribution in [0, 0.1) is 6.92 Å². The van der Waals surface area contributed by atoms with Gasteiger partial charge in [-0.1, -0.05) is 35.9 Å². The van der Waals surface area contributed by atoms with Gasteiger partial charge in [-0.15, -0.1) is 0 Å². The number of fused-ring (bicyclic) bond motifs is 1. The molecule has 0 radical (unpaired) electrons. The molecule has 6 nitrogen and oxygen atoms in total. The molecule has 146 valence electrons. The van der Waals surface area contributed by atoms with Gasteiger partial charge in [-0.2, -0.15) is 0 Å². The lowest BCUT2D eigenvalue weighted by molar-refractivity contribution is 0.112. The molecule has 4 aromatic rings. The van der Waals surface area contributed by atoms with Gasteiger partial charge in [-0.05, 0) is 36.8 Å². The van der Waals surface area contributed by atoms with Gasteiger partial charge in [0.05, 0.1) is 4.90 Å². The Kier molecular flexibility index (Phi) is 4.47. The number of pyridine rings is 1. The summed E-state index contributed by atoms with van der Waals surface area (Å²) in [6.07, 6.45) is 3.77. The lowest BCUT2D eigenvalue weighted by Gasteiger charge is -2.08. The average molecular weight is 406 g/mol. The van der Waals surface area contributed by atoms with Gasteiger partial charge in [0.1, 0.15) is 11.8 Å². The Morgan fingerprint density at radius 2 is 1.72 bits per heavy atom. The van der Waals surface area contributed by atoms with Crippen LogP contribution in [0.4, 0.5) is 0 Å². The summed E-state index contributed by atoms with van der Waals surface area (Å²) in [5.74, 6) is 0. The predicted molar refractivity (Wildman–Crippen MR) is 112 cm³/mol. The molecule has 4 rings (SSSR count). The predicted octanol–water partition coefficient (Wildman–Crippen LogP) is 3.36. The molecular weight excluding hydrogens is 388 g/mol. The summed E-state index contributed by atoms with van der Waals surface area (Å²) in [4.78, 5) is 24.1. The van der Waals surface area contributed by atoms with E-state index in [9.17, 15) is 18.0 Å². The Labute approximate surface area is 167 Å². The van der Waals surface area contributed by atoms with Gasteiger partial charge in [0, 0.05) is 36.0 Å². The summed E-state index contributed by atoms with van der Waals surface area (Å²) in [5, 5.41) is 0.506. The summed E-state index contributed by atoms with van der Waals surface area (Å²) in [5.41, 5.74) is 2.28. The highest BCUT2D eigenvalue weighted by Crippen LogP contribution is 2.32. The van der Waals surface area contributed by atoms with Crippen LogP contribution >= 0.6 is 0 Å². The molecule has 2 aromatic carbocycles. The first-order chi connectivity index (χ1) is 13.8. The van der Waals surface area contributed by atoms with E-state index in [1.54, 1.807) is 55.7 Å². The number of hydrogen-bond donors (Lipinski definition) is 0. The van der Waals surface area contributed by atoms with Crippen molar-refractivity contribution < 1.29 is 13.2 Å². The normalized spacial score (nSPS) is 11.7. The minimum atomic E-state index is -3.99. The molecule has 0 unspecified atom stereocenters. The lowest BCUT2D eigenvalue weighted by atomic mass is 10.0. The van der Waals surface area contributed by atoms with Crippen molar-refractivity contribution in [3.63, 3.8) is 0 Å². The van der Waals surface area contributed by atoms with Crippen molar-refractivity contribution in [3.05, 3.63) is 88.5 Å². The fourth-order valence-corrected chi connectivity index (χ4v) is 4.69. The maximum atomic E-state index is 13.3. The second-order valence-electron chi connectivity index (χ2n) is 6.89. The van der Waals surface area contributed by atoms with E-state index in [-0.39, 0.29) is 10.4 Å². The highest BCUT2D eigenvalue weighted by molar-refractivity contribution is 7.90. The van der Waals surface area contributed by atoms with Crippen molar-refractivity contribution in [2.24, 2.45) is 7.05 Å². The molecule has 0 aliphatic carbocycles. The second-order valence-corrected chi connectivity index (χ2v) is 8.71. The zero-order valence-electron chi connectivity index (χ0n) is 15.9. The molecule has 2 aromatic heterocycles. The molecule has 0 spiro atoms. The van der Waals surface area contributed by atoms with E-state index in [4.69, 9.17) is 0 Å². The fraction of sp³-hybridized carbons (Fsp3) is 0.0909. The number of rotatable bonds is 4. The molecule has 2 heterocycles. The minimum Gasteiger partial charge on any atom is -0.317 e. The summed E-state index contributed by atoms with van der Waals surface area (Å²) in [7, 11) is -2.42. The van der Waals surface area contributed by atoms with E-state index in [0.717, 1.165) is 15.8 Å². The van der Waals surface area contributed by atoms with E-state index in [1.165, 1.54) is 22.9 Å². The van der Waals surface area contributed by atoms with Crippen LogP contribution in [0.2, 0.25) is 0 Å². The Balaban J connectivity index is 2.07. The number of hydrogen-bond acceptors (Lipinski definition) is 4. The smallest absolute Gasteiger partial charge is 0.275 e. The Morgan fingerprint density at radius 3 is 2.41 bits per heavy atom. The number of carbonyl (C=O) groups is 1. The molecule has 0 N–H and O–H groups in total. The van der Waals surface area contributed by atoms with E-state index in [2.05, 4.69) is 0 Å². The van der Waals surface area contributed by atoms with Crippen LogP contribution in [0.25, 0.3) is 22.0 Å². The van der Waals surface area contributed by atoms with Gasteiger partial charge in [-0.25, -0.2) is 12.4 Å². The monoisotopic (exact) mass is 406 g/mol. The van der Waals surface area contributed by atoms with Gasteiger partial charge in [0.2, 0.25) is 0 Å². The summed E-state index contributed by atoms with van der Waals surface area (Å²) in [6.45, 7) is 1.87. The molecule has 29 heavy (non-hydrogen) atoms. The molecule has 0 atom stereocenters. The first-order valence-electron chi connectivity index (χ1n) is 8.91. The third-order valence-electron chi connectivity index (χ3n) is 4.91. The quantitative estimate of drug-likeness (QED) is 0.487. The SMILES string of the molecule is Cc1ccc(S(=O)(=O)n2cc(-c3cccc(C=O)c3)c3ccn(C)c(=O)c32)cc1. The van der Waals surface area contributed by atoms with Gasteiger partial charge in [0.15, 0.2) is 0 Å². The van der Waals surface area contributed by atoms with Crippen molar-refractivity contribution in [1.82, 2.24) is 8.54 Å². The number of nitrogens with zero attached hydrogens (tertiary/aromatic N) is 2. The van der Waals surface area contributed by atoms with Gasteiger partial charge >= 0.3 is 0 Å². The van der Waals surface area contributed by atoms with E-state index < -0.39 is 15.6 Å². The largest absolute Gasteiger partial charge is 0.317 e. The topological polar surface area (TPSA) is 78.1 Å². The van der Waals surface area contributed by atoms with Gasteiger partial charge < -0.3 is 4.57 Å². The number of aldehydes is 1. The zero-order valence-corrected chi connectivity index (χ0v) is 16.7. The molecule has 0 saturated heterocycles. The Bertz CT molecular complexity index is 1410. The summed E-state index contributed by atoms with van der Waals surface area (Å²) >= 11 is 0. The van der Waals surface area contributed by atoms with Crippen LogP contribution in [0.1, 0.15) is 15.9 Å². The average Bonchev–Trinajstić information content (AvgIpc) is 3.12. The third-order valence-corrected chi connectivity index (χ3v) is 6.59. The van der Waals surface area contributed by atoms with Gasteiger partial charge in [-0.3, -0.25) is 9.59 Å². The van der Waals surface area contributed by atoms with Gasteiger partial charge in [0.25, 0.3) is 15.6 Å². The van der Waals surface area contributed by atoms with Crippen molar-refractivity contribution in [2.75, 3.05) is 0 Å². The van der Waals surface area contributed by atoms with Crippen LogP contribution in [-0.4, -0.2) is 23.2 Å². The van der Waals surface area contributed by atoms with Crippen LogP contribution < -0.4 is 5.56 Å². The van der Waals surface area contributed by atoms with Crippen LogP contribution in [-0.2, 0) is 17.1 Å². The molecule has 0 saturated carbocycles. The van der Waals surface area contributed by atoms with E-state index >= 15 is 0 Å². The lowest BCUT2D eigenvalue weighted by Crippen LogP contribution is -2.21. The highest BCUT2D eigenvalue weighted by Gasteiger charge is 2.24. The van der Waals surface area contributed by atoms with Crippen molar-refractivity contribution in [2.45, 2.75) is 11.8 Å².